The zero-order chi connectivity index (χ0) is 28.8. The van der Waals surface area contributed by atoms with E-state index in [0.717, 1.165) is 55.4 Å². The summed E-state index contributed by atoms with van der Waals surface area (Å²) in [5.74, 6) is 0. The molecule has 2 heterocycles. The Morgan fingerprint density at radius 1 is 0.595 bits per heavy atom. The molecule has 42 heavy (non-hydrogen) atoms. The molecule has 0 atom stereocenters. The smallest absolute Gasteiger partial charge is 0.216 e. The number of pyridine rings is 1. The fourth-order valence-electron chi connectivity index (χ4n) is 6.10. The average Bonchev–Trinajstić information content (AvgIpc) is 3.40. The number of aryl methyl sites for hydroxylation is 3. The Morgan fingerprint density at radius 3 is 1.98 bits per heavy atom. The number of hydrogen-bond acceptors (Lipinski definition) is 2. The molecule has 3 heteroatoms. The Labute approximate surface area is 245 Å². The minimum Gasteiger partial charge on any atom is -0.454 e. The molecule has 0 spiro atoms. The Kier molecular flexibility index (Phi) is 6.18. The highest BCUT2D eigenvalue weighted by atomic mass is 16.3. The lowest BCUT2D eigenvalue weighted by Gasteiger charge is -2.11. The molecule has 0 fully saturated rings. The van der Waals surface area contributed by atoms with Gasteiger partial charge in [0.25, 0.3) is 0 Å². The van der Waals surface area contributed by atoms with Crippen molar-refractivity contribution in [3.05, 3.63) is 138 Å². The summed E-state index contributed by atoms with van der Waals surface area (Å²) in [5.41, 5.74) is 13.2. The maximum atomic E-state index is 10.1. The summed E-state index contributed by atoms with van der Waals surface area (Å²) >= 11 is 0. The van der Waals surface area contributed by atoms with Crippen molar-refractivity contribution in [2.24, 2.45) is 7.05 Å². The normalized spacial score (nSPS) is 11.2. The predicted molar refractivity (Wildman–Crippen MR) is 171 cm³/mol. The molecule has 0 N–H and O–H groups in total. The lowest BCUT2D eigenvalue weighted by Crippen LogP contribution is -2.30. The standard InChI is InChI=1S/C39H29N2O/c1-25-12-19-33-34-21-18-31(24-40)37(39(34)42-38(33)36(25)35-11-7-8-22-41(35)3)29-15-13-28(14-16-29)32-20-17-30(23-26(32)2)27-9-5-4-6-10-27/h4-23H,1-3H3/q+1. The van der Waals surface area contributed by atoms with Crippen molar-refractivity contribution in [2.75, 3.05) is 0 Å². The van der Waals surface area contributed by atoms with E-state index in [0.29, 0.717) is 5.56 Å². The third-order valence-electron chi connectivity index (χ3n) is 8.27. The van der Waals surface area contributed by atoms with Crippen molar-refractivity contribution in [2.45, 2.75) is 13.8 Å². The summed E-state index contributed by atoms with van der Waals surface area (Å²) in [6.07, 6.45) is 2.05. The number of fused-ring (bicyclic) bond motifs is 3. The van der Waals surface area contributed by atoms with Crippen LogP contribution in [0.2, 0.25) is 0 Å². The van der Waals surface area contributed by atoms with Gasteiger partial charge in [-0.3, -0.25) is 0 Å². The van der Waals surface area contributed by atoms with Crippen LogP contribution < -0.4 is 4.57 Å². The highest BCUT2D eigenvalue weighted by molar-refractivity contribution is 6.14. The number of benzene rings is 5. The zero-order valence-electron chi connectivity index (χ0n) is 23.8. The van der Waals surface area contributed by atoms with Gasteiger partial charge in [-0.15, -0.1) is 0 Å². The zero-order valence-corrected chi connectivity index (χ0v) is 23.8. The Balaban J connectivity index is 1.36. The molecule has 7 aromatic rings. The van der Waals surface area contributed by atoms with Gasteiger partial charge >= 0.3 is 0 Å². The first-order valence-electron chi connectivity index (χ1n) is 14.1. The van der Waals surface area contributed by atoms with Crippen LogP contribution in [0.5, 0.6) is 0 Å². The van der Waals surface area contributed by atoms with Gasteiger partial charge in [-0.05, 0) is 71.0 Å². The first-order chi connectivity index (χ1) is 20.5. The van der Waals surface area contributed by atoms with Crippen molar-refractivity contribution in [1.29, 1.82) is 5.26 Å². The largest absolute Gasteiger partial charge is 0.454 e. The van der Waals surface area contributed by atoms with Crippen LogP contribution in [0, 0.1) is 25.2 Å². The van der Waals surface area contributed by atoms with Crippen LogP contribution in [0.25, 0.3) is 66.6 Å². The summed E-state index contributed by atoms with van der Waals surface area (Å²) < 4.78 is 8.84. The van der Waals surface area contributed by atoms with Gasteiger partial charge in [0, 0.05) is 28.5 Å². The molecule has 0 saturated carbocycles. The average molecular weight is 542 g/mol. The molecule has 0 radical (unpaired) electrons. The van der Waals surface area contributed by atoms with Crippen molar-refractivity contribution < 1.29 is 8.98 Å². The lowest BCUT2D eigenvalue weighted by molar-refractivity contribution is -0.660. The van der Waals surface area contributed by atoms with Crippen LogP contribution in [-0.4, -0.2) is 0 Å². The lowest BCUT2D eigenvalue weighted by atomic mass is 9.93. The van der Waals surface area contributed by atoms with E-state index in [-0.39, 0.29) is 0 Å². The SMILES string of the molecule is Cc1cc(-c2ccccc2)ccc1-c1ccc(-c2c(C#N)ccc3c2oc2c(-c4cccc[n+]4C)c(C)ccc23)cc1. The maximum absolute atomic E-state index is 10.1. The third kappa shape index (κ3) is 4.17. The van der Waals surface area contributed by atoms with Gasteiger partial charge in [0.05, 0.1) is 17.2 Å². The van der Waals surface area contributed by atoms with Crippen molar-refractivity contribution in [3.8, 4) is 50.7 Å². The molecule has 3 nitrogen and oxygen atoms in total. The number of nitriles is 1. The monoisotopic (exact) mass is 541 g/mol. The van der Waals surface area contributed by atoms with Crippen LogP contribution >= 0.6 is 0 Å². The van der Waals surface area contributed by atoms with Crippen molar-refractivity contribution in [3.63, 3.8) is 0 Å². The van der Waals surface area contributed by atoms with Crippen LogP contribution in [0.3, 0.4) is 0 Å². The summed E-state index contributed by atoms with van der Waals surface area (Å²) in [4.78, 5) is 0. The van der Waals surface area contributed by atoms with Gasteiger partial charge < -0.3 is 4.42 Å². The van der Waals surface area contributed by atoms with Crippen LogP contribution in [0.15, 0.2) is 126 Å². The van der Waals surface area contributed by atoms with Crippen LogP contribution in [0.1, 0.15) is 16.7 Å². The topological polar surface area (TPSA) is 40.8 Å². The Morgan fingerprint density at radius 2 is 1.26 bits per heavy atom. The van der Waals surface area contributed by atoms with Gasteiger partial charge in [-0.1, -0.05) is 84.9 Å². The molecular weight excluding hydrogens is 512 g/mol. The van der Waals surface area contributed by atoms with E-state index < -0.39 is 0 Å². The number of nitrogens with zero attached hydrogens (tertiary/aromatic N) is 2. The van der Waals surface area contributed by atoms with Gasteiger partial charge in [0.2, 0.25) is 5.69 Å². The van der Waals surface area contributed by atoms with E-state index >= 15 is 0 Å². The number of rotatable bonds is 4. The Hall–Kier alpha value is -5.46. The molecule has 0 saturated heterocycles. The second-order valence-corrected chi connectivity index (χ2v) is 10.9. The highest BCUT2D eigenvalue weighted by Crippen LogP contribution is 2.42. The van der Waals surface area contributed by atoms with Crippen molar-refractivity contribution >= 4 is 21.9 Å². The fraction of sp³-hybridized carbons (Fsp3) is 0.0769. The second kappa shape index (κ2) is 10.2. The van der Waals surface area contributed by atoms with Crippen molar-refractivity contribution in [1.82, 2.24) is 0 Å². The van der Waals surface area contributed by atoms with E-state index in [1.807, 2.05) is 43.6 Å². The molecular formula is C39H29N2O+. The fourth-order valence-corrected chi connectivity index (χ4v) is 6.10. The molecule has 0 unspecified atom stereocenters. The number of hydrogen-bond donors (Lipinski definition) is 0. The van der Waals surface area contributed by atoms with Gasteiger partial charge in [-0.2, -0.15) is 5.26 Å². The summed E-state index contributed by atoms with van der Waals surface area (Å²) in [5, 5.41) is 12.2. The quantitative estimate of drug-likeness (QED) is 0.208. The number of aromatic nitrogens is 1. The molecule has 0 aliphatic carbocycles. The van der Waals surface area contributed by atoms with E-state index in [1.54, 1.807) is 0 Å². The minimum absolute atomic E-state index is 0.598. The maximum Gasteiger partial charge on any atom is 0.216 e. The van der Waals surface area contributed by atoms with Gasteiger partial charge in [0.1, 0.15) is 18.2 Å². The van der Waals surface area contributed by atoms with E-state index in [9.17, 15) is 5.26 Å². The third-order valence-corrected chi connectivity index (χ3v) is 8.27. The summed E-state index contributed by atoms with van der Waals surface area (Å²) in [7, 11) is 2.05. The highest BCUT2D eigenvalue weighted by Gasteiger charge is 2.23. The van der Waals surface area contributed by atoms with E-state index in [1.165, 1.54) is 22.3 Å². The molecule has 0 bridgehead atoms. The molecule has 200 valence electrons. The second-order valence-electron chi connectivity index (χ2n) is 10.9. The van der Waals surface area contributed by atoms with Crippen LogP contribution in [0.4, 0.5) is 0 Å². The number of furan rings is 1. The summed E-state index contributed by atoms with van der Waals surface area (Å²) in [6.45, 7) is 4.27. The van der Waals surface area contributed by atoms with E-state index in [2.05, 4.69) is 109 Å². The first-order valence-corrected chi connectivity index (χ1v) is 14.1. The Bertz CT molecular complexity index is 2160. The van der Waals surface area contributed by atoms with Gasteiger partial charge in [0.15, 0.2) is 6.20 Å². The molecule has 5 aromatic carbocycles. The summed E-state index contributed by atoms with van der Waals surface area (Å²) in [6, 6.07) is 42.4. The molecule has 2 aromatic heterocycles. The molecule has 7 rings (SSSR count). The molecule has 0 aliphatic rings. The van der Waals surface area contributed by atoms with Gasteiger partial charge in [-0.25, -0.2) is 4.57 Å². The molecule has 0 amide bonds. The van der Waals surface area contributed by atoms with E-state index in [4.69, 9.17) is 4.42 Å². The minimum atomic E-state index is 0.598. The first kappa shape index (κ1) is 25.5. The molecule has 0 aliphatic heterocycles. The predicted octanol–water partition coefficient (Wildman–Crippen LogP) is 9.57. The van der Waals surface area contributed by atoms with Crippen LogP contribution in [-0.2, 0) is 7.05 Å².